The third-order valence-electron chi connectivity index (χ3n) is 5.15. The molecule has 1 unspecified atom stereocenters. The van der Waals surface area contributed by atoms with Gasteiger partial charge in [0.1, 0.15) is 30.5 Å². The highest BCUT2D eigenvalue weighted by atomic mass is 32.2. The fraction of sp³-hybridized carbons (Fsp3) is 0.429. The van der Waals surface area contributed by atoms with Crippen LogP contribution in [0.5, 0.6) is 0 Å². The molecule has 1 saturated heterocycles. The minimum atomic E-state index is -1.37. The number of aliphatic hydroxyl groups excluding tert-OH is 4. The van der Waals surface area contributed by atoms with Crippen molar-refractivity contribution in [3.63, 3.8) is 0 Å². The van der Waals surface area contributed by atoms with Gasteiger partial charge in [0.2, 0.25) is 0 Å². The van der Waals surface area contributed by atoms with Gasteiger partial charge in [-0.15, -0.1) is 11.8 Å². The molecular formula is C21H26O5S. The summed E-state index contributed by atoms with van der Waals surface area (Å²) in [5, 5.41) is 39.8. The summed E-state index contributed by atoms with van der Waals surface area (Å²) in [6.45, 7) is 1.60. The van der Waals surface area contributed by atoms with Crippen molar-refractivity contribution in [2.45, 2.75) is 48.8 Å². The molecule has 5 atom stereocenters. The van der Waals surface area contributed by atoms with Crippen LogP contribution < -0.4 is 0 Å². The Kier molecular flexibility index (Phi) is 6.57. The second-order valence-electron chi connectivity index (χ2n) is 6.96. The molecule has 0 aromatic heterocycles. The van der Waals surface area contributed by atoms with Crippen molar-refractivity contribution < 1.29 is 25.2 Å². The number of hydrogen-bond acceptors (Lipinski definition) is 6. The lowest BCUT2D eigenvalue weighted by Gasteiger charge is -2.40. The van der Waals surface area contributed by atoms with Crippen molar-refractivity contribution in [2.75, 3.05) is 12.9 Å². The fourth-order valence-electron chi connectivity index (χ4n) is 3.40. The van der Waals surface area contributed by atoms with Crippen LogP contribution in [-0.2, 0) is 11.2 Å². The van der Waals surface area contributed by atoms with Crippen molar-refractivity contribution in [3.8, 4) is 0 Å². The van der Waals surface area contributed by atoms with E-state index in [0.717, 1.165) is 17.5 Å². The molecule has 0 saturated carbocycles. The SMILES string of the molecule is CSc1ccc(Cc2cc([C@@H]3O[C@H](CO)C(O)[C@H](O)[C@H]3O)ccc2C)cc1. The van der Waals surface area contributed by atoms with E-state index in [9.17, 15) is 20.4 Å². The van der Waals surface area contributed by atoms with E-state index in [4.69, 9.17) is 4.74 Å². The topological polar surface area (TPSA) is 90.2 Å². The molecule has 0 radical (unpaired) electrons. The second kappa shape index (κ2) is 8.73. The Labute approximate surface area is 163 Å². The van der Waals surface area contributed by atoms with E-state index in [0.29, 0.717) is 5.56 Å². The number of ether oxygens (including phenoxy) is 1. The lowest BCUT2D eigenvalue weighted by atomic mass is 9.89. The molecule has 0 amide bonds. The summed E-state index contributed by atoms with van der Waals surface area (Å²) in [4.78, 5) is 1.21. The smallest absolute Gasteiger partial charge is 0.113 e. The third-order valence-corrected chi connectivity index (χ3v) is 5.89. The van der Waals surface area contributed by atoms with Crippen LogP contribution in [0.3, 0.4) is 0 Å². The molecule has 1 fully saturated rings. The van der Waals surface area contributed by atoms with Gasteiger partial charge in [0.15, 0.2) is 0 Å². The highest BCUT2D eigenvalue weighted by Crippen LogP contribution is 2.33. The van der Waals surface area contributed by atoms with Crippen molar-refractivity contribution >= 4 is 11.8 Å². The Morgan fingerprint density at radius 2 is 1.67 bits per heavy atom. The summed E-state index contributed by atoms with van der Waals surface area (Å²) < 4.78 is 5.68. The Hall–Kier alpha value is -1.41. The molecule has 0 spiro atoms. The monoisotopic (exact) mass is 390 g/mol. The first-order valence-electron chi connectivity index (χ1n) is 8.97. The van der Waals surface area contributed by atoms with Gasteiger partial charge in [0.05, 0.1) is 6.61 Å². The predicted octanol–water partition coefficient (Wildman–Crippen LogP) is 1.82. The van der Waals surface area contributed by atoms with Crippen LogP contribution in [0.2, 0.25) is 0 Å². The average molecular weight is 391 g/mol. The summed E-state index contributed by atoms with van der Waals surface area (Å²) in [6, 6.07) is 14.2. The predicted molar refractivity (Wildman–Crippen MR) is 105 cm³/mol. The summed E-state index contributed by atoms with van der Waals surface area (Å²) in [5.41, 5.74) is 4.12. The molecule has 1 aliphatic rings. The molecular weight excluding hydrogens is 364 g/mol. The van der Waals surface area contributed by atoms with Gasteiger partial charge in [0, 0.05) is 4.90 Å². The van der Waals surface area contributed by atoms with Crippen LogP contribution in [0.4, 0.5) is 0 Å². The Bertz CT molecular complexity index is 762. The van der Waals surface area contributed by atoms with Gasteiger partial charge in [-0.05, 0) is 54.0 Å². The summed E-state index contributed by atoms with van der Waals surface area (Å²) in [5.74, 6) is 0. The summed E-state index contributed by atoms with van der Waals surface area (Å²) >= 11 is 1.70. The van der Waals surface area contributed by atoms with Crippen molar-refractivity contribution in [2.24, 2.45) is 0 Å². The number of rotatable bonds is 5. The van der Waals surface area contributed by atoms with Gasteiger partial charge < -0.3 is 25.2 Å². The van der Waals surface area contributed by atoms with Gasteiger partial charge in [-0.1, -0.05) is 30.3 Å². The Balaban J connectivity index is 1.85. The lowest BCUT2D eigenvalue weighted by molar-refractivity contribution is -0.231. The highest BCUT2D eigenvalue weighted by Gasteiger charge is 2.43. The zero-order chi connectivity index (χ0) is 19.6. The molecule has 2 aromatic carbocycles. The first kappa shape index (κ1) is 20.3. The van der Waals surface area contributed by atoms with Gasteiger partial charge in [0.25, 0.3) is 0 Å². The lowest BCUT2D eigenvalue weighted by Crippen LogP contribution is -2.55. The van der Waals surface area contributed by atoms with Crippen LogP contribution in [0.15, 0.2) is 47.4 Å². The summed E-state index contributed by atoms with van der Waals surface area (Å²) in [6.07, 6.45) is -2.91. The van der Waals surface area contributed by atoms with Gasteiger partial charge >= 0.3 is 0 Å². The van der Waals surface area contributed by atoms with E-state index in [1.807, 2.05) is 31.4 Å². The van der Waals surface area contributed by atoms with Crippen molar-refractivity contribution in [1.82, 2.24) is 0 Å². The van der Waals surface area contributed by atoms with Crippen LogP contribution >= 0.6 is 11.8 Å². The maximum atomic E-state index is 10.4. The molecule has 0 bridgehead atoms. The summed E-state index contributed by atoms with van der Waals surface area (Å²) in [7, 11) is 0. The minimum Gasteiger partial charge on any atom is -0.394 e. The average Bonchev–Trinajstić information content (AvgIpc) is 2.69. The van der Waals surface area contributed by atoms with Crippen molar-refractivity contribution in [1.29, 1.82) is 0 Å². The maximum Gasteiger partial charge on any atom is 0.113 e. The first-order chi connectivity index (χ1) is 12.9. The number of aryl methyl sites for hydroxylation is 1. The quantitative estimate of drug-likeness (QED) is 0.583. The number of thioether (sulfide) groups is 1. The van der Waals surface area contributed by atoms with Crippen molar-refractivity contribution in [3.05, 3.63) is 64.7 Å². The molecule has 0 aliphatic carbocycles. The molecule has 2 aromatic rings. The third kappa shape index (κ3) is 4.37. The standard InChI is InChI=1S/C21H26O5S/c1-12-3-6-14(21-20(25)19(24)18(23)17(11-22)26-21)10-15(12)9-13-4-7-16(27-2)8-5-13/h3-8,10,17-25H,9,11H2,1-2H3/t17-,18?,19+,20-,21+/m1/s1. The molecule has 4 N–H and O–H groups in total. The maximum absolute atomic E-state index is 10.4. The van der Waals surface area contributed by atoms with Crippen LogP contribution in [0.25, 0.3) is 0 Å². The van der Waals surface area contributed by atoms with E-state index >= 15 is 0 Å². The van der Waals surface area contributed by atoms with Crippen LogP contribution in [0, 0.1) is 6.92 Å². The molecule has 27 heavy (non-hydrogen) atoms. The molecule has 1 aliphatic heterocycles. The van der Waals surface area contributed by atoms with Gasteiger partial charge in [-0.2, -0.15) is 0 Å². The van der Waals surface area contributed by atoms with E-state index in [2.05, 4.69) is 24.3 Å². The first-order valence-corrected chi connectivity index (χ1v) is 10.2. The molecule has 5 nitrogen and oxygen atoms in total. The minimum absolute atomic E-state index is 0.429. The molecule has 1 heterocycles. The Morgan fingerprint density at radius 3 is 2.30 bits per heavy atom. The second-order valence-corrected chi connectivity index (χ2v) is 7.84. The number of aliphatic hydroxyl groups is 4. The van der Waals surface area contributed by atoms with Gasteiger partial charge in [-0.3, -0.25) is 0 Å². The van der Waals surface area contributed by atoms with Gasteiger partial charge in [-0.25, -0.2) is 0 Å². The zero-order valence-electron chi connectivity index (χ0n) is 15.4. The highest BCUT2D eigenvalue weighted by molar-refractivity contribution is 7.98. The number of hydrogen-bond donors (Lipinski definition) is 4. The number of benzene rings is 2. The van der Waals surface area contributed by atoms with E-state index < -0.39 is 37.1 Å². The van der Waals surface area contributed by atoms with E-state index in [1.165, 1.54) is 10.5 Å². The fourth-order valence-corrected chi connectivity index (χ4v) is 3.81. The molecule has 6 heteroatoms. The van der Waals surface area contributed by atoms with Crippen LogP contribution in [-0.4, -0.2) is 57.7 Å². The molecule has 3 rings (SSSR count). The Morgan fingerprint density at radius 1 is 0.963 bits per heavy atom. The zero-order valence-corrected chi connectivity index (χ0v) is 16.3. The molecule has 146 valence electrons. The van der Waals surface area contributed by atoms with E-state index in [1.54, 1.807) is 11.8 Å². The van der Waals surface area contributed by atoms with E-state index in [-0.39, 0.29) is 0 Å². The van der Waals surface area contributed by atoms with Crippen LogP contribution in [0.1, 0.15) is 28.4 Å². The largest absolute Gasteiger partial charge is 0.394 e. The normalized spacial score (nSPS) is 28.3.